The van der Waals surface area contributed by atoms with Gasteiger partial charge in [0.2, 0.25) is 0 Å². The van der Waals surface area contributed by atoms with Crippen LogP contribution >= 0.6 is 15.9 Å². The molecule has 1 aliphatic rings. The van der Waals surface area contributed by atoms with Crippen LogP contribution in [-0.2, 0) is 0 Å². The number of likely N-dealkylation sites (tertiary alicyclic amines) is 1. The topological polar surface area (TPSA) is 49.0 Å². The highest BCUT2D eigenvalue weighted by Gasteiger charge is 2.27. The lowest BCUT2D eigenvalue weighted by Crippen LogP contribution is -2.40. The zero-order chi connectivity index (χ0) is 13.0. The summed E-state index contributed by atoms with van der Waals surface area (Å²) in [5.74, 6) is 0.115. The predicted molar refractivity (Wildman–Crippen MR) is 74.9 cm³/mol. The van der Waals surface area contributed by atoms with Gasteiger partial charge < -0.3 is 4.90 Å². The standard InChI is InChI=1S/C13H20BrN3O/c1-10(14)7-12-5-3-2-4-6-17(12)13(18)11-8-15-16-9-11/h8-10,12H,2-7H2,1H3,(H,15,16). The Morgan fingerprint density at radius 3 is 3.11 bits per heavy atom. The summed E-state index contributed by atoms with van der Waals surface area (Å²) in [5, 5.41) is 6.58. The highest BCUT2D eigenvalue weighted by Crippen LogP contribution is 2.24. The Bertz CT molecular complexity index is 378. The maximum Gasteiger partial charge on any atom is 0.257 e. The van der Waals surface area contributed by atoms with E-state index in [2.05, 4.69) is 33.1 Å². The minimum absolute atomic E-state index is 0.115. The van der Waals surface area contributed by atoms with Crippen LogP contribution in [0.25, 0.3) is 0 Å². The Balaban J connectivity index is 2.12. The third-order valence-electron chi connectivity index (χ3n) is 3.48. The van der Waals surface area contributed by atoms with Crippen LogP contribution in [0.2, 0.25) is 0 Å². The van der Waals surface area contributed by atoms with Crippen molar-refractivity contribution in [2.75, 3.05) is 6.54 Å². The van der Waals surface area contributed by atoms with Crippen LogP contribution in [0, 0.1) is 0 Å². The minimum atomic E-state index is 0.115. The summed E-state index contributed by atoms with van der Waals surface area (Å²) in [6.07, 6.45) is 8.98. The molecular weight excluding hydrogens is 294 g/mol. The quantitative estimate of drug-likeness (QED) is 0.872. The molecule has 2 atom stereocenters. The van der Waals surface area contributed by atoms with E-state index in [1.165, 1.54) is 12.8 Å². The average Bonchev–Trinajstić information content (AvgIpc) is 2.76. The largest absolute Gasteiger partial charge is 0.336 e. The van der Waals surface area contributed by atoms with Crippen molar-refractivity contribution in [3.05, 3.63) is 18.0 Å². The molecule has 1 amide bonds. The predicted octanol–water partition coefficient (Wildman–Crippen LogP) is 2.97. The van der Waals surface area contributed by atoms with Gasteiger partial charge in [0.25, 0.3) is 5.91 Å². The first-order chi connectivity index (χ1) is 8.68. The highest BCUT2D eigenvalue weighted by molar-refractivity contribution is 9.09. The van der Waals surface area contributed by atoms with Crippen LogP contribution in [-0.4, -0.2) is 38.4 Å². The van der Waals surface area contributed by atoms with Gasteiger partial charge in [0.15, 0.2) is 0 Å². The van der Waals surface area contributed by atoms with E-state index in [4.69, 9.17) is 0 Å². The van der Waals surface area contributed by atoms with Crippen LogP contribution in [0.5, 0.6) is 0 Å². The second-order valence-electron chi connectivity index (χ2n) is 5.01. The number of aromatic amines is 1. The molecule has 1 fully saturated rings. The Hall–Kier alpha value is -0.840. The molecule has 1 saturated heterocycles. The third kappa shape index (κ3) is 3.34. The first-order valence-electron chi connectivity index (χ1n) is 6.62. The molecule has 2 heterocycles. The van der Waals surface area contributed by atoms with Crippen molar-refractivity contribution >= 4 is 21.8 Å². The smallest absolute Gasteiger partial charge is 0.257 e. The normalized spacial score (nSPS) is 22.6. The van der Waals surface area contributed by atoms with Crippen LogP contribution in [0.3, 0.4) is 0 Å². The van der Waals surface area contributed by atoms with Crippen LogP contribution in [0.15, 0.2) is 12.4 Å². The number of alkyl halides is 1. The Labute approximate surface area is 116 Å². The lowest BCUT2D eigenvalue weighted by molar-refractivity contribution is 0.0675. The van der Waals surface area contributed by atoms with Gasteiger partial charge >= 0.3 is 0 Å². The molecule has 18 heavy (non-hydrogen) atoms. The molecule has 1 aromatic heterocycles. The minimum Gasteiger partial charge on any atom is -0.336 e. The number of aromatic nitrogens is 2. The van der Waals surface area contributed by atoms with Gasteiger partial charge in [-0.1, -0.05) is 35.7 Å². The summed E-state index contributed by atoms with van der Waals surface area (Å²) in [7, 11) is 0. The molecule has 1 aromatic rings. The molecule has 0 aromatic carbocycles. The van der Waals surface area contributed by atoms with E-state index in [0.717, 1.165) is 25.8 Å². The highest BCUT2D eigenvalue weighted by atomic mass is 79.9. The molecule has 5 heteroatoms. The summed E-state index contributed by atoms with van der Waals surface area (Å²) >= 11 is 3.60. The SMILES string of the molecule is CC(Br)CC1CCCCCN1C(=O)c1cn[nH]c1. The summed E-state index contributed by atoms with van der Waals surface area (Å²) in [5.41, 5.74) is 0.670. The Morgan fingerprint density at radius 2 is 2.44 bits per heavy atom. The number of carbonyl (C=O) groups is 1. The number of hydrogen-bond donors (Lipinski definition) is 1. The van der Waals surface area contributed by atoms with Crippen molar-refractivity contribution in [2.45, 2.75) is 49.9 Å². The molecule has 0 radical (unpaired) electrons. The second kappa shape index (κ2) is 6.36. The summed E-state index contributed by atoms with van der Waals surface area (Å²) in [6.45, 7) is 3.01. The van der Waals surface area contributed by atoms with Crippen molar-refractivity contribution < 1.29 is 4.79 Å². The number of carbonyl (C=O) groups excluding carboxylic acids is 1. The third-order valence-corrected chi connectivity index (χ3v) is 3.85. The van der Waals surface area contributed by atoms with E-state index in [9.17, 15) is 4.79 Å². The molecule has 2 unspecified atom stereocenters. The maximum atomic E-state index is 12.5. The lowest BCUT2D eigenvalue weighted by Gasteiger charge is -2.30. The van der Waals surface area contributed by atoms with E-state index in [1.807, 2.05) is 4.90 Å². The molecule has 4 nitrogen and oxygen atoms in total. The van der Waals surface area contributed by atoms with Gasteiger partial charge in [0, 0.05) is 23.6 Å². The van der Waals surface area contributed by atoms with Gasteiger partial charge in [-0.2, -0.15) is 5.10 Å². The van der Waals surface area contributed by atoms with Gasteiger partial charge in [-0.25, -0.2) is 0 Å². The molecule has 100 valence electrons. The zero-order valence-corrected chi connectivity index (χ0v) is 12.3. The fraction of sp³-hybridized carbons (Fsp3) is 0.692. The summed E-state index contributed by atoms with van der Waals surface area (Å²) in [6, 6.07) is 0.351. The maximum absolute atomic E-state index is 12.5. The molecule has 1 aliphatic heterocycles. The van der Waals surface area contributed by atoms with E-state index in [-0.39, 0.29) is 5.91 Å². The van der Waals surface area contributed by atoms with E-state index in [0.29, 0.717) is 16.4 Å². The van der Waals surface area contributed by atoms with Gasteiger partial charge in [0.05, 0.1) is 11.8 Å². The molecule has 2 rings (SSSR count). The van der Waals surface area contributed by atoms with Gasteiger partial charge in [-0.15, -0.1) is 0 Å². The Kier molecular flexibility index (Phi) is 4.80. The van der Waals surface area contributed by atoms with Gasteiger partial charge in [-0.05, 0) is 19.3 Å². The fourth-order valence-electron chi connectivity index (χ4n) is 2.60. The zero-order valence-electron chi connectivity index (χ0n) is 10.7. The van der Waals surface area contributed by atoms with E-state index >= 15 is 0 Å². The van der Waals surface area contributed by atoms with E-state index < -0.39 is 0 Å². The number of amides is 1. The number of nitrogens with one attached hydrogen (secondary N) is 1. The van der Waals surface area contributed by atoms with Crippen LogP contribution in [0.4, 0.5) is 0 Å². The molecule has 1 N–H and O–H groups in total. The summed E-state index contributed by atoms with van der Waals surface area (Å²) in [4.78, 5) is 14.9. The molecule has 0 bridgehead atoms. The monoisotopic (exact) mass is 313 g/mol. The van der Waals surface area contributed by atoms with Crippen LogP contribution < -0.4 is 0 Å². The van der Waals surface area contributed by atoms with Crippen molar-refractivity contribution in [1.82, 2.24) is 15.1 Å². The number of H-pyrrole nitrogens is 1. The van der Waals surface area contributed by atoms with Gasteiger partial charge in [0.1, 0.15) is 0 Å². The van der Waals surface area contributed by atoms with E-state index in [1.54, 1.807) is 12.4 Å². The molecule has 0 saturated carbocycles. The molecule has 0 aliphatic carbocycles. The number of hydrogen-bond acceptors (Lipinski definition) is 2. The van der Waals surface area contributed by atoms with Crippen molar-refractivity contribution in [2.24, 2.45) is 0 Å². The summed E-state index contributed by atoms with van der Waals surface area (Å²) < 4.78 is 0. The first kappa shape index (κ1) is 13.6. The van der Waals surface area contributed by atoms with Crippen molar-refractivity contribution in [1.29, 1.82) is 0 Å². The van der Waals surface area contributed by atoms with Gasteiger partial charge in [-0.3, -0.25) is 9.89 Å². The Morgan fingerprint density at radius 1 is 1.61 bits per heavy atom. The number of nitrogens with zero attached hydrogens (tertiary/aromatic N) is 2. The van der Waals surface area contributed by atoms with Crippen molar-refractivity contribution in [3.8, 4) is 0 Å². The average molecular weight is 314 g/mol. The molecule has 0 spiro atoms. The molecular formula is C13H20BrN3O. The van der Waals surface area contributed by atoms with Crippen molar-refractivity contribution in [3.63, 3.8) is 0 Å². The fourth-order valence-corrected chi connectivity index (χ4v) is 3.03. The number of halogens is 1. The number of rotatable bonds is 3. The lowest BCUT2D eigenvalue weighted by atomic mass is 10.0. The first-order valence-corrected chi connectivity index (χ1v) is 7.54. The van der Waals surface area contributed by atoms with Crippen LogP contribution in [0.1, 0.15) is 49.4 Å². The second-order valence-corrected chi connectivity index (χ2v) is 6.57.